The van der Waals surface area contributed by atoms with Gasteiger partial charge in [-0.1, -0.05) is 21.6 Å². The van der Waals surface area contributed by atoms with E-state index in [9.17, 15) is 0 Å². The Morgan fingerprint density at radius 2 is 1.75 bits per heavy atom. The molecule has 2 N–H and O–H groups in total. The summed E-state index contributed by atoms with van der Waals surface area (Å²) in [5.74, 6) is 2.76. The van der Waals surface area contributed by atoms with Crippen LogP contribution in [0.5, 0.6) is 0 Å². The smallest absolute Gasteiger partial charge is 0.204 e. The van der Waals surface area contributed by atoms with Crippen LogP contribution in [-0.2, 0) is 4.79 Å². The normalized spacial score (nSPS) is 16.5. The van der Waals surface area contributed by atoms with E-state index in [1.54, 1.807) is 0 Å². The largest absolute Gasteiger partial charge is 0.372 e. The summed E-state index contributed by atoms with van der Waals surface area (Å²) in [7, 11) is 3.98. The van der Waals surface area contributed by atoms with Gasteiger partial charge in [-0.3, -0.25) is 4.79 Å². The number of amides is 1. The van der Waals surface area contributed by atoms with Crippen LogP contribution < -0.4 is 5.73 Å². The summed E-state index contributed by atoms with van der Waals surface area (Å²) >= 11 is 0. The number of rotatable bonds is 0. The molecule has 1 aliphatic rings. The summed E-state index contributed by atoms with van der Waals surface area (Å²) in [6.07, 6.45) is 1.68. The van der Waals surface area contributed by atoms with Crippen LogP contribution in [0.1, 0.15) is 6.42 Å². The second-order valence-corrected chi connectivity index (χ2v) is 3.84. The van der Waals surface area contributed by atoms with E-state index in [0.717, 1.165) is 0 Å². The lowest BCUT2D eigenvalue weighted by atomic mass is 10.6. The van der Waals surface area contributed by atoms with Crippen molar-refractivity contribution in [3.05, 3.63) is 0 Å². The highest BCUT2D eigenvalue weighted by Crippen LogP contribution is 2.29. The Morgan fingerprint density at radius 1 is 1.38 bits per heavy atom. The topological polar surface area (TPSA) is 43.1 Å². The molecule has 0 unspecified atom stereocenters. The van der Waals surface area contributed by atoms with Crippen LogP contribution >= 0.6 is 21.6 Å². The molecular formula is C4H9NOS2. The summed E-state index contributed by atoms with van der Waals surface area (Å²) < 4.78 is 0. The summed E-state index contributed by atoms with van der Waals surface area (Å²) in [5.41, 5.74) is 4.17. The third-order valence-electron chi connectivity index (χ3n) is 0.539. The van der Waals surface area contributed by atoms with Gasteiger partial charge in [0.1, 0.15) is 0 Å². The molecule has 0 aromatic carbocycles. The number of carbonyl (C=O) groups is 1. The molecule has 1 heterocycles. The minimum atomic E-state index is 0.250. The average molecular weight is 151 g/mol. The van der Waals surface area contributed by atoms with E-state index in [4.69, 9.17) is 4.79 Å². The minimum absolute atomic E-state index is 0.250. The van der Waals surface area contributed by atoms with Crippen molar-refractivity contribution in [1.82, 2.24) is 0 Å². The van der Waals surface area contributed by atoms with E-state index in [0.29, 0.717) is 0 Å². The predicted octanol–water partition coefficient (Wildman–Crippen LogP) is 0.873. The van der Waals surface area contributed by atoms with Crippen molar-refractivity contribution in [2.24, 2.45) is 5.73 Å². The van der Waals surface area contributed by atoms with E-state index >= 15 is 0 Å². The molecule has 0 aliphatic carbocycles. The molecule has 0 radical (unpaired) electrons. The first kappa shape index (κ1) is 8.17. The van der Waals surface area contributed by atoms with Gasteiger partial charge in [-0.2, -0.15) is 0 Å². The van der Waals surface area contributed by atoms with Crippen molar-refractivity contribution in [3.63, 3.8) is 0 Å². The Labute approximate surface area is 57.0 Å². The van der Waals surface area contributed by atoms with E-state index in [-0.39, 0.29) is 6.41 Å². The number of carbonyl (C=O) groups excluding carboxylic acids is 1. The van der Waals surface area contributed by atoms with E-state index < -0.39 is 0 Å². The molecule has 8 heavy (non-hydrogen) atoms. The molecule has 2 nitrogen and oxygen atoms in total. The Morgan fingerprint density at radius 3 is 1.88 bits per heavy atom. The molecular weight excluding hydrogens is 142 g/mol. The lowest BCUT2D eigenvalue weighted by molar-refractivity contribution is -0.106. The molecule has 1 rings (SSSR count). The third kappa shape index (κ3) is 6.17. The minimum Gasteiger partial charge on any atom is -0.372 e. The fourth-order valence-corrected chi connectivity index (χ4v) is 2.65. The highest BCUT2D eigenvalue weighted by Gasteiger charge is 1.96. The quantitative estimate of drug-likeness (QED) is 0.413. The Balaban J connectivity index is 0.000000145. The van der Waals surface area contributed by atoms with Crippen LogP contribution in [0.15, 0.2) is 0 Å². The van der Waals surface area contributed by atoms with Crippen molar-refractivity contribution in [2.75, 3.05) is 11.5 Å². The first-order valence-electron chi connectivity index (χ1n) is 2.31. The second-order valence-electron chi connectivity index (χ2n) is 1.13. The fourth-order valence-electron chi connectivity index (χ4n) is 0.295. The van der Waals surface area contributed by atoms with Gasteiger partial charge in [-0.25, -0.2) is 0 Å². The molecule has 1 fully saturated rings. The monoisotopic (exact) mass is 151 g/mol. The zero-order valence-corrected chi connectivity index (χ0v) is 6.13. The van der Waals surface area contributed by atoms with Gasteiger partial charge in [0.2, 0.25) is 6.41 Å². The lowest BCUT2D eigenvalue weighted by Crippen LogP contribution is -1.82. The standard InChI is InChI=1S/C3H6S2.CH3NO/c1-2-4-5-3-1;2-1-3/h1-3H2;1H,(H2,2,3). The molecule has 4 heteroatoms. The zero-order chi connectivity index (χ0) is 6.24. The van der Waals surface area contributed by atoms with Crippen LogP contribution in [-0.4, -0.2) is 17.9 Å². The van der Waals surface area contributed by atoms with E-state index in [2.05, 4.69) is 5.73 Å². The first-order chi connectivity index (χ1) is 3.91. The van der Waals surface area contributed by atoms with Gasteiger partial charge in [-0.15, -0.1) is 0 Å². The Bertz CT molecular complexity index is 48.4. The number of hydrogen-bond acceptors (Lipinski definition) is 3. The van der Waals surface area contributed by atoms with Crippen molar-refractivity contribution >= 4 is 28.0 Å². The molecule has 0 aromatic rings. The summed E-state index contributed by atoms with van der Waals surface area (Å²) in [4.78, 5) is 8.58. The van der Waals surface area contributed by atoms with Crippen LogP contribution in [0.25, 0.3) is 0 Å². The van der Waals surface area contributed by atoms with Crippen LogP contribution in [0.3, 0.4) is 0 Å². The van der Waals surface area contributed by atoms with Gasteiger partial charge in [-0.05, 0) is 6.42 Å². The maximum Gasteiger partial charge on any atom is 0.204 e. The molecule has 0 aromatic heterocycles. The van der Waals surface area contributed by atoms with E-state index in [1.165, 1.54) is 17.9 Å². The summed E-state index contributed by atoms with van der Waals surface area (Å²) in [6, 6.07) is 0. The van der Waals surface area contributed by atoms with Gasteiger partial charge < -0.3 is 5.73 Å². The molecule has 0 atom stereocenters. The molecule has 48 valence electrons. The number of hydrogen-bond donors (Lipinski definition) is 1. The number of nitrogens with two attached hydrogens (primary N) is 1. The molecule has 0 spiro atoms. The van der Waals surface area contributed by atoms with Crippen molar-refractivity contribution in [1.29, 1.82) is 0 Å². The van der Waals surface area contributed by atoms with Crippen LogP contribution in [0, 0.1) is 0 Å². The maximum absolute atomic E-state index is 8.58. The van der Waals surface area contributed by atoms with Gasteiger partial charge in [0.05, 0.1) is 0 Å². The van der Waals surface area contributed by atoms with Crippen molar-refractivity contribution in [2.45, 2.75) is 6.42 Å². The average Bonchev–Trinajstić information content (AvgIpc) is 2.17. The molecule has 1 aliphatic heterocycles. The fraction of sp³-hybridized carbons (Fsp3) is 0.750. The van der Waals surface area contributed by atoms with Crippen LogP contribution in [0.4, 0.5) is 0 Å². The van der Waals surface area contributed by atoms with Crippen LogP contribution in [0.2, 0.25) is 0 Å². The van der Waals surface area contributed by atoms with Crippen molar-refractivity contribution < 1.29 is 4.79 Å². The zero-order valence-electron chi connectivity index (χ0n) is 4.50. The second kappa shape index (κ2) is 7.17. The van der Waals surface area contributed by atoms with E-state index in [1.807, 2.05) is 21.6 Å². The Hall–Kier alpha value is 0.170. The summed E-state index contributed by atoms with van der Waals surface area (Å²) in [5, 5.41) is 0. The van der Waals surface area contributed by atoms with Gasteiger partial charge in [0.25, 0.3) is 0 Å². The third-order valence-corrected chi connectivity index (χ3v) is 3.12. The molecule has 1 amide bonds. The lowest BCUT2D eigenvalue weighted by Gasteiger charge is -1.69. The van der Waals surface area contributed by atoms with Gasteiger partial charge >= 0.3 is 0 Å². The highest BCUT2D eigenvalue weighted by molar-refractivity contribution is 8.77. The Kier molecular flexibility index (Phi) is 7.32. The van der Waals surface area contributed by atoms with Gasteiger partial charge in [0.15, 0.2) is 0 Å². The molecule has 1 saturated heterocycles. The van der Waals surface area contributed by atoms with Gasteiger partial charge in [0, 0.05) is 11.5 Å². The van der Waals surface area contributed by atoms with Crippen molar-refractivity contribution in [3.8, 4) is 0 Å². The molecule has 0 saturated carbocycles. The SMILES string of the molecule is C1CSSC1.NC=O. The number of primary amides is 1. The summed E-state index contributed by atoms with van der Waals surface area (Å²) in [6.45, 7) is 0. The molecule has 0 bridgehead atoms. The maximum atomic E-state index is 8.58. The highest BCUT2D eigenvalue weighted by atomic mass is 33.1. The predicted molar refractivity (Wildman–Crippen MR) is 39.8 cm³/mol. The first-order valence-corrected chi connectivity index (χ1v) is 4.80.